The predicted molar refractivity (Wildman–Crippen MR) is 123 cm³/mol. The summed E-state index contributed by atoms with van der Waals surface area (Å²) in [6, 6.07) is 13.7. The number of benzene rings is 2. The summed E-state index contributed by atoms with van der Waals surface area (Å²) in [7, 11) is -0.296. The summed E-state index contributed by atoms with van der Waals surface area (Å²) in [5.74, 6) is 1.30. The van der Waals surface area contributed by atoms with Crippen LogP contribution < -0.4 is 10.3 Å². The number of hydrogen-bond acceptors (Lipinski definition) is 6. The lowest BCUT2D eigenvalue weighted by atomic mass is 10.2. The van der Waals surface area contributed by atoms with Crippen molar-refractivity contribution in [3.05, 3.63) is 64.7 Å². The van der Waals surface area contributed by atoms with Crippen LogP contribution in [0.25, 0.3) is 10.9 Å². The molecular formula is C23H28N4O4S. The van der Waals surface area contributed by atoms with Crippen LogP contribution in [-0.2, 0) is 17.1 Å². The molecular weight excluding hydrogens is 428 g/mol. The average Bonchev–Trinajstić information content (AvgIpc) is 3.08. The Morgan fingerprint density at radius 2 is 1.72 bits per heavy atom. The third-order valence-electron chi connectivity index (χ3n) is 6.13. The molecule has 8 nitrogen and oxygen atoms in total. The van der Waals surface area contributed by atoms with Crippen molar-refractivity contribution in [1.29, 1.82) is 0 Å². The molecule has 1 atom stereocenters. The molecule has 1 aliphatic heterocycles. The number of hydrogen-bond donors (Lipinski definition) is 0. The average molecular weight is 457 g/mol. The lowest BCUT2D eigenvalue weighted by molar-refractivity contribution is 0.209. The molecule has 1 aromatic heterocycles. The Hall–Kier alpha value is -2.75. The maximum absolute atomic E-state index is 13.1. The molecule has 1 saturated heterocycles. The maximum Gasteiger partial charge on any atom is 0.261 e. The van der Waals surface area contributed by atoms with Gasteiger partial charge < -0.3 is 4.74 Å². The van der Waals surface area contributed by atoms with Gasteiger partial charge in [-0.3, -0.25) is 14.3 Å². The van der Waals surface area contributed by atoms with Crippen LogP contribution in [0.2, 0.25) is 0 Å². The van der Waals surface area contributed by atoms with Gasteiger partial charge in [-0.15, -0.1) is 0 Å². The van der Waals surface area contributed by atoms with Crippen LogP contribution in [0.5, 0.6) is 5.75 Å². The van der Waals surface area contributed by atoms with Crippen LogP contribution >= 0.6 is 0 Å². The number of aromatic nitrogens is 2. The van der Waals surface area contributed by atoms with E-state index in [1.807, 2.05) is 25.1 Å². The fourth-order valence-corrected chi connectivity index (χ4v) is 5.68. The maximum atomic E-state index is 13.1. The van der Waals surface area contributed by atoms with Crippen molar-refractivity contribution in [2.24, 2.45) is 7.05 Å². The monoisotopic (exact) mass is 456 g/mol. The smallest absolute Gasteiger partial charge is 0.261 e. The molecule has 2 heterocycles. The summed E-state index contributed by atoms with van der Waals surface area (Å²) in [6.07, 6.45) is 0.696. The van der Waals surface area contributed by atoms with Crippen molar-refractivity contribution in [2.75, 3.05) is 33.3 Å². The summed E-state index contributed by atoms with van der Waals surface area (Å²) in [5.41, 5.74) is 0.604. The third kappa shape index (κ3) is 4.15. The SMILES string of the molecule is COc1ccc(S(=O)(=O)N2CCCN(C(C)c3nc4ccccc4c(=O)n3C)CC2)cc1. The quantitative estimate of drug-likeness (QED) is 0.586. The number of sulfonamides is 1. The standard InChI is InChI=1S/C23H28N4O4S/c1-17(22-24-21-8-5-4-7-20(21)23(28)25(22)2)26-13-6-14-27(16-15-26)32(29,30)19-11-9-18(31-3)10-12-19/h4-5,7-12,17H,6,13-16H2,1-3H3. The second-order valence-electron chi connectivity index (χ2n) is 8.00. The van der Waals surface area contributed by atoms with E-state index in [1.165, 1.54) is 4.31 Å². The van der Waals surface area contributed by atoms with E-state index in [0.717, 1.165) is 6.54 Å². The molecule has 1 unspecified atom stereocenters. The molecule has 9 heteroatoms. The van der Waals surface area contributed by atoms with Crippen molar-refractivity contribution in [1.82, 2.24) is 18.8 Å². The van der Waals surface area contributed by atoms with Crippen LogP contribution in [0, 0.1) is 0 Å². The molecule has 4 rings (SSSR count). The highest BCUT2D eigenvalue weighted by molar-refractivity contribution is 7.89. The minimum absolute atomic E-state index is 0.0732. The first-order valence-electron chi connectivity index (χ1n) is 10.7. The molecule has 0 spiro atoms. The lowest BCUT2D eigenvalue weighted by Gasteiger charge is -2.28. The largest absolute Gasteiger partial charge is 0.497 e. The summed E-state index contributed by atoms with van der Waals surface area (Å²) in [5, 5.41) is 0.596. The molecule has 0 bridgehead atoms. The third-order valence-corrected chi connectivity index (χ3v) is 8.04. The van der Waals surface area contributed by atoms with Gasteiger partial charge in [0, 0.05) is 33.2 Å². The molecule has 0 amide bonds. The van der Waals surface area contributed by atoms with Crippen LogP contribution in [0.4, 0.5) is 0 Å². The Bertz CT molecular complexity index is 1270. The van der Waals surface area contributed by atoms with E-state index in [9.17, 15) is 13.2 Å². The molecule has 0 N–H and O–H groups in total. The van der Waals surface area contributed by atoms with Gasteiger partial charge in [-0.1, -0.05) is 12.1 Å². The van der Waals surface area contributed by atoms with Gasteiger partial charge in [0.15, 0.2) is 0 Å². The predicted octanol–water partition coefficient (Wildman–Crippen LogP) is 2.40. The van der Waals surface area contributed by atoms with E-state index < -0.39 is 10.0 Å². The van der Waals surface area contributed by atoms with E-state index in [1.54, 1.807) is 49.1 Å². The Labute approximate surface area is 188 Å². The van der Waals surface area contributed by atoms with Crippen LogP contribution in [-0.4, -0.2) is 60.5 Å². The van der Waals surface area contributed by atoms with Gasteiger partial charge in [0.05, 0.1) is 29.0 Å². The zero-order valence-corrected chi connectivity index (χ0v) is 19.4. The van der Waals surface area contributed by atoms with Gasteiger partial charge in [0.2, 0.25) is 10.0 Å². The first kappa shape index (κ1) is 22.4. The van der Waals surface area contributed by atoms with Gasteiger partial charge in [0.25, 0.3) is 5.56 Å². The zero-order chi connectivity index (χ0) is 22.9. The van der Waals surface area contributed by atoms with Gasteiger partial charge in [-0.2, -0.15) is 4.31 Å². The minimum Gasteiger partial charge on any atom is -0.497 e. The number of nitrogens with zero attached hydrogens (tertiary/aromatic N) is 4. The molecule has 170 valence electrons. The number of fused-ring (bicyclic) bond motifs is 1. The topological polar surface area (TPSA) is 84.7 Å². The zero-order valence-electron chi connectivity index (χ0n) is 18.6. The first-order chi connectivity index (χ1) is 15.3. The Balaban J connectivity index is 1.55. The Kier molecular flexibility index (Phi) is 6.32. The van der Waals surface area contributed by atoms with Gasteiger partial charge >= 0.3 is 0 Å². The molecule has 1 aliphatic rings. The van der Waals surface area contributed by atoms with E-state index in [0.29, 0.717) is 48.5 Å². The number of rotatable bonds is 5. The fourth-order valence-electron chi connectivity index (χ4n) is 4.21. The number of para-hydroxylation sites is 1. The van der Waals surface area contributed by atoms with Crippen LogP contribution in [0.1, 0.15) is 25.2 Å². The highest BCUT2D eigenvalue weighted by atomic mass is 32.2. The highest BCUT2D eigenvalue weighted by Gasteiger charge is 2.29. The normalized spacial score (nSPS) is 17.2. The van der Waals surface area contributed by atoms with Crippen LogP contribution in [0.3, 0.4) is 0 Å². The van der Waals surface area contributed by atoms with Crippen molar-refractivity contribution in [3.8, 4) is 5.75 Å². The first-order valence-corrected chi connectivity index (χ1v) is 12.1. The molecule has 1 fully saturated rings. The fraction of sp³-hybridized carbons (Fsp3) is 0.391. The number of methoxy groups -OCH3 is 1. The summed E-state index contributed by atoms with van der Waals surface area (Å²) in [6.45, 7) is 4.11. The van der Waals surface area contributed by atoms with E-state index >= 15 is 0 Å². The molecule has 3 aromatic rings. The Morgan fingerprint density at radius 1 is 1.00 bits per heavy atom. The molecule has 2 aromatic carbocycles. The summed E-state index contributed by atoms with van der Waals surface area (Å²) >= 11 is 0. The second kappa shape index (κ2) is 9.01. The van der Waals surface area contributed by atoms with Crippen molar-refractivity contribution in [3.63, 3.8) is 0 Å². The highest BCUT2D eigenvalue weighted by Crippen LogP contribution is 2.24. The molecule has 0 aliphatic carbocycles. The Morgan fingerprint density at radius 3 is 2.44 bits per heavy atom. The van der Waals surface area contributed by atoms with E-state index in [4.69, 9.17) is 9.72 Å². The van der Waals surface area contributed by atoms with Gasteiger partial charge in [-0.05, 0) is 49.7 Å². The van der Waals surface area contributed by atoms with E-state index in [-0.39, 0.29) is 16.5 Å². The summed E-state index contributed by atoms with van der Waals surface area (Å²) in [4.78, 5) is 20.0. The van der Waals surface area contributed by atoms with Crippen molar-refractivity contribution < 1.29 is 13.2 Å². The van der Waals surface area contributed by atoms with Crippen LogP contribution in [0.15, 0.2) is 58.2 Å². The molecule has 0 radical (unpaired) electrons. The molecule has 0 saturated carbocycles. The van der Waals surface area contributed by atoms with E-state index in [2.05, 4.69) is 4.90 Å². The summed E-state index contributed by atoms with van der Waals surface area (Å²) < 4.78 is 34.5. The van der Waals surface area contributed by atoms with Crippen molar-refractivity contribution >= 4 is 20.9 Å². The number of ether oxygens (including phenoxy) is 1. The molecule has 32 heavy (non-hydrogen) atoms. The van der Waals surface area contributed by atoms with Crippen molar-refractivity contribution in [2.45, 2.75) is 24.3 Å². The lowest BCUT2D eigenvalue weighted by Crippen LogP contribution is -2.37. The van der Waals surface area contributed by atoms with Gasteiger partial charge in [-0.25, -0.2) is 13.4 Å². The second-order valence-corrected chi connectivity index (χ2v) is 9.93. The van der Waals surface area contributed by atoms with Gasteiger partial charge in [0.1, 0.15) is 11.6 Å². The minimum atomic E-state index is -3.59.